The van der Waals surface area contributed by atoms with Crippen molar-refractivity contribution >= 4 is 56.1 Å². The molecule has 0 atom stereocenters. The maximum absolute atomic E-state index is 14.1. The molecular formula is C37H47BrN4O6. The number of hydrogen-bond acceptors (Lipinski definition) is 7. The Labute approximate surface area is 290 Å². The van der Waals surface area contributed by atoms with Crippen molar-refractivity contribution < 1.29 is 28.6 Å². The van der Waals surface area contributed by atoms with Crippen molar-refractivity contribution in [3.8, 4) is 11.3 Å². The van der Waals surface area contributed by atoms with E-state index in [1.54, 1.807) is 21.9 Å². The fourth-order valence-corrected chi connectivity index (χ4v) is 6.84. The predicted octanol–water partition coefficient (Wildman–Crippen LogP) is 9.66. The summed E-state index contributed by atoms with van der Waals surface area (Å²) >= 11 is 3.68. The molecule has 11 heteroatoms. The first-order valence-corrected chi connectivity index (χ1v) is 17.3. The molecule has 4 heterocycles. The maximum Gasteiger partial charge on any atom is 0.420 e. The molecule has 10 nitrogen and oxygen atoms in total. The monoisotopic (exact) mass is 722 g/mol. The van der Waals surface area contributed by atoms with Crippen molar-refractivity contribution in [3.63, 3.8) is 0 Å². The minimum atomic E-state index is -0.729. The number of carbonyl (C=O) groups is 3. The molecule has 0 spiro atoms. The van der Waals surface area contributed by atoms with Crippen LogP contribution in [0.1, 0.15) is 99.1 Å². The SMILES string of the molecule is CCc1c(-c2ccnc3c2c(Br)cn3C(=O)OC(C)(C)C)n(C(=O)OC(C)(C)C)c2ccc(C3CCN(C(=O)OC(C)(C)C)CC3)cc12. The lowest BCUT2D eigenvalue weighted by Crippen LogP contribution is -2.41. The Morgan fingerprint density at radius 2 is 1.44 bits per heavy atom. The number of aryl methyl sites for hydroxylation is 1. The molecule has 5 rings (SSSR count). The van der Waals surface area contributed by atoms with Crippen molar-refractivity contribution in [2.45, 2.75) is 111 Å². The molecule has 0 unspecified atom stereocenters. The second-order valence-electron chi connectivity index (χ2n) is 15.4. The van der Waals surface area contributed by atoms with Crippen LogP contribution in [-0.4, -0.2) is 67.2 Å². The highest BCUT2D eigenvalue weighted by atomic mass is 79.9. The van der Waals surface area contributed by atoms with Crippen molar-refractivity contribution in [1.82, 2.24) is 19.0 Å². The summed E-state index contributed by atoms with van der Waals surface area (Å²) in [6.07, 6.45) is 4.23. The Morgan fingerprint density at radius 1 is 0.854 bits per heavy atom. The number of fused-ring (bicyclic) bond motifs is 2. The number of carbonyl (C=O) groups excluding carboxylic acids is 3. The average molecular weight is 724 g/mol. The van der Waals surface area contributed by atoms with Crippen molar-refractivity contribution in [1.29, 1.82) is 0 Å². The highest BCUT2D eigenvalue weighted by molar-refractivity contribution is 9.10. The van der Waals surface area contributed by atoms with E-state index in [-0.39, 0.29) is 12.0 Å². The van der Waals surface area contributed by atoms with E-state index in [0.717, 1.165) is 40.4 Å². The van der Waals surface area contributed by atoms with Gasteiger partial charge in [-0.25, -0.2) is 28.5 Å². The lowest BCUT2D eigenvalue weighted by atomic mass is 9.88. The molecule has 1 aliphatic heterocycles. The molecule has 1 saturated heterocycles. The summed E-state index contributed by atoms with van der Waals surface area (Å²) in [5.41, 5.74) is 2.75. The van der Waals surface area contributed by atoms with Gasteiger partial charge in [-0.15, -0.1) is 0 Å². The van der Waals surface area contributed by atoms with Gasteiger partial charge in [0.15, 0.2) is 5.65 Å². The van der Waals surface area contributed by atoms with Gasteiger partial charge in [-0.1, -0.05) is 13.0 Å². The number of ether oxygens (including phenoxy) is 3. The van der Waals surface area contributed by atoms with Crippen LogP contribution >= 0.6 is 15.9 Å². The zero-order chi connectivity index (χ0) is 35.3. The number of hydrogen-bond donors (Lipinski definition) is 0. The van der Waals surface area contributed by atoms with Gasteiger partial charge in [0.1, 0.15) is 16.8 Å². The molecule has 0 N–H and O–H groups in total. The Balaban J connectivity index is 1.63. The summed E-state index contributed by atoms with van der Waals surface area (Å²) in [7, 11) is 0. The first-order valence-electron chi connectivity index (χ1n) is 16.6. The van der Waals surface area contributed by atoms with Gasteiger partial charge < -0.3 is 19.1 Å². The third-order valence-electron chi connectivity index (χ3n) is 8.13. The zero-order valence-electron chi connectivity index (χ0n) is 29.7. The third-order valence-corrected chi connectivity index (χ3v) is 8.73. The fraction of sp³-hybridized carbons (Fsp3) is 0.514. The number of likely N-dealkylation sites (tertiary alicyclic amines) is 1. The van der Waals surface area contributed by atoms with Crippen molar-refractivity contribution in [2.24, 2.45) is 0 Å². The number of pyridine rings is 1. The van der Waals surface area contributed by atoms with Crippen LogP contribution in [0.5, 0.6) is 0 Å². The molecule has 0 bridgehead atoms. The summed E-state index contributed by atoms with van der Waals surface area (Å²) in [6.45, 7) is 19.9. The van der Waals surface area contributed by atoms with Crippen molar-refractivity contribution in [3.05, 3.63) is 52.3 Å². The molecule has 1 amide bonds. The number of nitrogens with zero attached hydrogens (tertiary/aromatic N) is 4. The number of aromatic nitrogens is 3. The zero-order valence-corrected chi connectivity index (χ0v) is 31.3. The van der Waals surface area contributed by atoms with Gasteiger partial charge in [-0.2, -0.15) is 0 Å². The lowest BCUT2D eigenvalue weighted by Gasteiger charge is -2.33. The summed E-state index contributed by atoms with van der Waals surface area (Å²) in [6, 6.07) is 8.13. The van der Waals surface area contributed by atoms with E-state index in [1.807, 2.05) is 74.4 Å². The van der Waals surface area contributed by atoms with Crippen LogP contribution in [-0.2, 0) is 20.6 Å². The van der Waals surface area contributed by atoms with Gasteiger partial charge in [0.05, 0.1) is 11.2 Å². The molecule has 0 radical (unpaired) electrons. The van der Waals surface area contributed by atoms with Crippen LogP contribution in [0.2, 0.25) is 0 Å². The third kappa shape index (κ3) is 7.41. The number of halogens is 1. The highest BCUT2D eigenvalue weighted by Crippen LogP contribution is 2.42. The van der Waals surface area contributed by atoms with E-state index in [2.05, 4.69) is 40.0 Å². The van der Waals surface area contributed by atoms with E-state index < -0.39 is 29.0 Å². The second-order valence-corrected chi connectivity index (χ2v) is 16.3. The standard InChI is InChI=1S/C37H47BrN4O6/c1-11-24-26-20-23(22-15-18-40(19-16-22)32(43)46-35(2,3)4)12-13-28(26)42(34(45)48-37(8,9)10)30(24)25-14-17-39-31-29(25)27(38)21-41(31)33(44)47-36(5,6)7/h12-14,17,20-22H,11,15-16,18-19H2,1-10H3. The van der Waals surface area contributed by atoms with Gasteiger partial charge >= 0.3 is 18.3 Å². The number of amides is 1. The topological polar surface area (TPSA) is 105 Å². The number of benzene rings is 1. The van der Waals surface area contributed by atoms with Gasteiger partial charge in [0, 0.05) is 46.3 Å². The van der Waals surface area contributed by atoms with Crippen LogP contribution in [0.15, 0.2) is 41.1 Å². The lowest BCUT2D eigenvalue weighted by molar-refractivity contribution is 0.0204. The van der Waals surface area contributed by atoms with Gasteiger partial charge in [0.25, 0.3) is 0 Å². The minimum absolute atomic E-state index is 0.246. The molecule has 1 fully saturated rings. The van der Waals surface area contributed by atoms with Gasteiger partial charge in [-0.05, 0) is 133 Å². The minimum Gasteiger partial charge on any atom is -0.444 e. The summed E-state index contributed by atoms with van der Waals surface area (Å²) in [5, 5.41) is 1.64. The second kappa shape index (κ2) is 12.9. The molecule has 258 valence electrons. The molecule has 4 aromatic rings. The van der Waals surface area contributed by atoms with E-state index in [1.165, 1.54) is 4.57 Å². The Kier molecular flexibility index (Phi) is 9.51. The highest BCUT2D eigenvalue weighted by Gasteiger charge is 2.31. The van der Waals surface area contributed by atoms with Gasteiger partial charge in [-0.3, -0.25) is 0 Å². The maximum atomic E-state index is 14.1. The van der Waals surface area contributed by atoms with Crippen LogP contribution < -0.4 is 0 Å². The van der Waals surface area contributed by atoms with Gasteiger partial charge in [0.2, 0.25) is 0 Å². The molecule has 3 aromatic heterocycles. The quantitative estimate of drug-likeness (QED) is 0.194. The van der Waals surface area contributed by atoms with E-state index in [9.17, 15) is 14.4 Å². The smallest absolute Gasteiger partial charge is 0.420 e. The summed E-state index contributed by atoms with van der Waals surface area (Å²) < 4.78 is 20.9. The number of piperidine rings is 1. The molecular weight excluding hydrogens is 676 g/mol. The summed E-state index contributed by atoms with van der Waals surface area (Å²) in [5.74, 6) is 0.246. The first-order chi connectivity index (χ1) is 22.3. The van der Waals surface area contributed by atoms with E-state index >= 15 is 0 Å². The molecule has 0 aliphatic carbocycles. The van der Waals surface area contributed by atoms with Crippen molar-refractivity contribution in [2.75, 3.05) is 13.1 Å². The largest absolute Gasteiger partial charge is 0.444 e. The Morgan fingerprint density at radius 3 is 2.02 bits per heavy atom. The number of rotatable bonds is 3. The summed E-state index contributed by atoms with van der Waals surface area (Å²) in [4.78, 5) is 46.3. The van der Waals surface area contributed by atoms with Crippen LogP contribution in [0.4, 0.5) is 14.4 Å². The Bertz CT molecular complexity index is 1880. The molecule has 1 aromatic carbocycles. The normalized spacial score (nSPS) is 14.9. The first kappa shape index (κ1) is 35.4. The van der Waals surface area contributed by atoms with E-state index in [4.69, 9.17) is 14.2 Å². The predicted molar refractivity (Wildman–Crippen MR) is 191 cm³/mol. The molecule has 1 aliphatic rings. The fourth-order valence-electron chi connectivity index (χ4n) is 6.24. The Hall–Kier alpha value is -3.86. The molecule has 48 heavy (non-hydrogen) atoms. The van der Waals surface area contributed by atoms with Crippen LogP contribution in [0.25, 0.3) is 33.2 Å². The molecule has 0 saturated carbocycles. The van der Waals surface area contributed by atoms with Crippen LogP contribution in [0.3, 0.4) is 0 Å². The van der Waals surface area contributed by atoms with E-state index in [0.29, 0.717) is 40.7 Å². The van der Waals surface area contributed by atoms with Crippen LogP contribution in [0, 0.1) is 0 Å². The average Bonchev–Trinajstić information content (AvgIpc) is 3.49.